The van der Waals surface area contributed by atoms with E-state index in [4.69, 9.17) is 4.74 Å². The molecule has 0 aliphatic heterocycles. The summed E-state index contributed by atoms with van der Waals surface area (Å²) in [5.41, 5.74) is 2.25. The molecule has 0 bridgehead atoms. The first-order chi connectivity index (χ1) is 8.63. The molecule has 4 nitrogen and oxygen atoms in total. The molecule has 1 aromatic rings. The Morgan fingerprint density at radius 3 is 2.50 bits per heavy atom. The van der Waals surface area contributed by atoms with Gasteiger partial charge in [-0.3, -0.25) is 0 Å². The summed E-state index contributed by atoms with van der Waals surface area (Å²) in [6, 6.07) is 0. The minimum atomic E-state index is -0.0539. The first kappa shape index (κ1) is 14.9. The SMILES string of the molecule is CCCNc1nc(C(C)OCC)nc(C)c1CC. The Bertz CT molecular complexity index is 380. The summed E-state index contributed by atoms with van der Waals surface area (Å²) in [6.45, 7) is 11.9. The molecular weight excluding hydrogens is 226 g/mol. The zero-order chi connectivity index (χ0) is 13.5. The molecular formula is C14H25N3O. The van der Waals surface area contributed by atoms with Gasteiger partial charge < -0.3 is 10.1 Å². The van der Waals surface area contributed by atoms with Crippen molar-refractivity contribution >= 4 is 5.82 Å². The summed E-state index contributed by atoms with van der Waals surface area (Å²) in [7, 11) is 0. The van der Waals surface area contributed by atoms with Crippen molar-refractivity contribution in [2.24, 2.45) is 0 Å². The fraction of sp³-hybridized carbons (Fsp3) is 0.714. The van der Waals surface area contributed by atoms with E-state index >= 15 is 0 Å². The molecule has 1 aromatic heterocycles. The smallest absolute Gasteiger partial charge is 0.159 e. The van der Waals surface area contributed by atoms with E-state index in [9.17, 15) is 0 Å². The maximum atomic E-state index is 5.56. The Kier molecular flexibility index (Phi) is 6.05. The number of anilines is 1. The summed E-state index contributed by atoms with van der Waals surface area (Å²) < 4.78 is 5.56. The van der Waals surface area contributed by atoms with Crippen molar-refractivity contribution in [3.63, 3.8) is 0 Å². The van der Waals surface area contributed by atoms with Crippen LogP contribution in [-0.4, -0.2) is 23.1 Å². The lowest BCUT2D eigenvalue weighted by atomic mass is 10.1. The van der Waals surface area contributed by atoms with Gasteiger partial charge in [0.2, 0.25) is 0 Å². The first-order valence-electron chi connectivity index (χ1n) is 6.86. The number of hydrogen-bond acceptors (Lipinski definition) is 4. The van der Waals surface area contributed by atoms with Gasteiger partial charge in [-0.25, -0.2) is 9.97 Å². The van der Waals surface area contributed by atoms with E-state index in [1.807, 2.05) is 20.8 Å². The third kappa shape index (κ3) is 3.67. The van der Waals surface area contributed by atoms with Crippen LogP contribution in [0.25, 0.3) is 0 Å². The van der Waals surface area contributed by atoms with E-state index in [2.05, 4.69) is 29.1 Å². The fourth-order valence-corrected chi connectivity index (χ4v) is 1.94. The minimum Gasteiger partial charge on any atom is -0.371 e. The number of rotatable bonds is 7. The molecule has 1 N–H and O–H groups in total. The van der Waals surface area contributed by atoms with Gasteiger partial charge in [0.15, 0.2) is 5.82 Å². The lowest BCUT2D eigenvalue weighted by molar-refractivity contribution is 0.0700. The Morgan fingerprint density at radius 1 is 1.22 bits per heavy atom. The standard InChI is InChI=1S/C14H25N3O/c1-6-9-15-14-12(7-2)10(4)16-13(17-14)11(5)18-8-3/h11H,6-9H2,1-5H3,(H,15,16,17). The third-order valence-corrected chi connectivity index (χ3v) is 2.91. The number of nitrogens with zero attached hydrogens (tertiary/aromatic N) is 2. The van der Waals surface area contributed by atoms with Gasteiger partial charge in [-0.15, -0.1) is 0 Å². The predicted molar refractivity (Wildman–Crippen MR) is 75.0 cm³/mol. The zero-order valence-electron chi connectivity index (χ0n) is 12.2. The van der Waals surface area contributed by atoms with Crippen LogP contribution in [0.3, 0.4) is 0 Å². The number of hydrogen-bond donors (Lipinski definition) is 1. The van der Waals surface area contributed by atoms with Crippen molar-refractivity contribution in [3.05, 3.63) is 17.1 Å². The highest BCUT2D eigenvalue weighted by molar-refractivity contribution is 5.46. The van der Waals surface area contributed by atoms with E-state index < -0.39 is 0 Å². The van der Waals surface area contributed by atoms with E-state index in [0.717, 1.165) is 36.7 Å². The molecule has 0 saturated carbocycles. The van der Waals surface area contributed by atoms with Gasteiger partial charge in [-0.1, -0.05) is 13.8 Å². The molecule has 1 atom stereocenters. The van der Waals surface area contributed by atoms with Gasteiger partial charge in [0.05, 0.1) is 0 Å². The molecule has 4 heteroatoms. The molecule has 0 fully saturated rings. The quantitative estimate of drug-likeness (QED) is 0.808. The Balaban J connectivity index is 3.04. The topological polar surface area (TPSA) is 47.0 Å². The van der Waals surface area contributed by atoms with Gasteiger partial charge in [0.1, 0.15) is 11.9 Å². The molecule has 0 aliphatic rings. The van der Waals surface area contributed by atoms with Crippen LogP contribution in [0, 0.1) is 6.92 Å². The summed E-state index contributed by atoms with van der Waals surface area (Å²) in [5.74, 6) is 1.73. The molecule has 18 heavy (non-hydrogen) atoms. The average Bonchev–Trinajstić information content (AvgIpc) is 2.36. The number of ether oxygens (including phenoxy) is 1. The van der Waals surface area contributed by atoms with E-state index in [1.54, 1.807) is 0 Å². The zero-order valence-corrected chi connectivity index (χ0v) is 12.2. The van der Waals surface area contributed by atoms with Crippen LogP contribution in [0.4, 0.5) is 5.82 Å². The highest BCUT2D eigenvalue weighted by Gasteiger charge is 2.14. The molecule has 0 aliphatic carbocycles. The number of nitrogens with one attached hydrogen (secondary N) is 1. The maximum Gasteiger partial charge on any atom is 0.159 e. The molecule has 0 saturated heterocycles. The van der Waals surface area contributed by atoms with Crippen molar-refractivity contribution in [2.75, 3.05) is 18.5 Å². The van der Waals surface area contributed by atoms with Gasteiger partial charge in [0, 0.05) is 24.4 Å². The van der Waals surface area contributed by atoms with Crippen LogP contribution < -0.4 is 5.32 Å². The maximum absolute atomic E-state index is 5.56. The third-order valence-electron chi connectivity index (χ3n) is 2.91. The summed E-state index contributed by atoms with van der Waals surface area (Å²) in [5, 5.41) is 3.39. The molecule has 0 aromatic carbocycles. The van der Waals surface area contributed by atoms with Crippen molar-refractivity contribution in [1.82, 2.24) is 9.97 Å². The monoisotopic (exact) mass is 251 g/mol. The minimum absolute atomic E-state index is 0.0539. The molecule has 1 rings (SSSR count). The lowest BCUT2D eigenvalue weighted by Gasteiger charge is -2.16. The van der Waals surface area contributed by atoms with E-state index in [1.165, 1.54) is 5.56 Å². The molecule has 0 radical (unpaired) electrons. The highest BCUT2D eigenvalue weighted by Crippen LogP contribution is 2.21. The lowest BCUT2D eigenvalue weighted by Crippen LogP contribution is -2.13. The van der Waals surface area contributed by atoms with Crippen LogP contribution in [0.5, 0.6) is 0 Å². The second-order valence-electron chi connectivity index (χ2n) is 4.37. The van der Waals surface area contributed by atoms with Crippen LogP contribution >= 0.6 is 0 Å². The van der Waals surface area contributed by atoms with Gasteiger partial charge in [-0.05, 0) is 33.6 Å². The summed E-state index contributed by atoms with van der Waals surface area (Å²) >= 11 is 0. The Hall–Kier alpha value is -1.16. The molecule has 0 spiro atoms. The van der Waals surface area contributed by atoms with Crippen molar-refractivity contribution < 1.29 is 4.74 Å². The summed E-state index contributed by atoms with van der Waals surface area (Å²) in [6.07, 6.45) is 1.98. The first-order valence-corrected chi connectivity index (χ1v) is 6.86. The van der Waals surface area contributed by atoms with Crippen LogP contribution in [0.15, 0.2) is 0 Å². The van der Waals surface area contributed by atoms with Gasteiger partial charge >= 0.3 is 0 Å². The molecule has 102 valence electrons. The second kappa shape index (κ2) is 7.31. The average molecular weight is 251 g/mol. The van der Waals surface area contributed by atoms with Gasteiger partial charge in [-0.2, -0.15) is 0 Å². The normalized spacial score (nSPS) is 12.5. The molecule has 0 amide bonds. The molecule has 1 heterocycles. The van der Waals surface area contributed by atoms with Crippen molar-refractivity contribution in [1.29, 1.82) is 0 Å². The van der Waals surface area contributed by atoms with Crippen LogP contribution in [-0.2, 0) is 11.2 Å². The van der Waals surface area contributed by atoms with Crippen LogP contribution in [0.1, 0.15) is 57.3 Å². The molecule has 1 unspecified atom stereocenters. The Labute approximate surface area is 110 Å². The fourth-order valence-electron chi connectivity index (χ4n) is 1.94. The highest BCUT2D eigenvalue weighted by atomic mass is 16.5. The van der Waals surface area contributed by atoms with Gasteiger partial charge in [0.25, 0.3) is 0 Å². The van der Waals surface area contributed by atoms with Crippen LogP contribution in [0.2, 0.25) is 0 Å². The van der Waals surface area contributed by atoms with E-state index in [-0.39, 0.29) is 6.10 Å². The predicted octanol–water partition coefficient (Wildman–Crippen LogP) is 3.27. The summed E-state index contributed by atoms with van der Waals surface area (Å²) in [4.78, 5) is 9.17. The number of aromatic nitrogens is 2. The van der Waals surface area contributed by atoms with E-state index in [0.29, 0.717) is 6.61 Å². The van der Waals surface area contributed by atoms with Crippen molar-refractivity contribution in [3.8, 4) is 0 Å². The number of aryl methyl sites for hydroxylation is 1. The largest absolute Gasteiger partial charge is 0.371 e. The second-order valence-corrected chi connectivity index (χ2v) is 4.37. The Morgan fingerprint density at radius 2 is 1.94 bits per heavy atom. The van der Waals surface area contributed by atoms with Crippen molar-refractivity contribution in [2.45, 2.75) is 53.6 Å².